The van der Waals surface area contributed by atoms with Gasteiger partial charge in [0, 0.05) is 27.7 Å². The highest BCUT2D eigenvalue weighted by molar-refractivity contribution is 6.36. The van der Waals surface area contributed by atoms with Crippen LogP contribution in [0.1, 0.15) is 49.9 Å². The third kappa shape index (κ3) is 6.48. The second-order valence-corrected chi connectivity index (χ2v) is 9.55. The molecule has 0 aromatic heterocycles. The van der Waals surface area contributed by atoms with Gasteiger partial charge in [-0.1, -0.05) is 47.5 Å². The normalized spacial score (nSPS) is 12.4. The van der Waals surface area contributed by atoms with Crippen LogP contribution in [0.3, 0.4) is 0 Å². The van der Waals surface area contributed by atoms with Gasteiger partial charge in [-0.15, -0.1) is 0 Å². The van der Waals surface area contributed by atoms with Crippen LogP contribution in [0.15, 0.2) is 36.4 Å². The summed E-state index contributed by atoms with van der Waals surface area (Å²) in [5.41, 5.74) is 3.42. The lowest BCUT2D eigenvalue weighted by atomic mass is 10.0. The molecular weight excluding hydrogens is 419 g/mol. The van der Waals surface area contributed by atoms with Crippen LogP contribution in [0.5, 0.6) is 0 Å². The largest absolute Gasteiger partial charge is 0.350 e. The van der Waals surface area contributed by atoms with Crippen molar-refractivity contribution in [2.45, 2.75) is 66.1 Å². The first-order valence-corrected chi connectivity index (χ1v) is 10.7. The fourth-order valence-corrected chi connectivity index (χ4v) is 3.62. The highest BCUT2D eigenvalue weighted by atomic mass is 35.5. The number of rotatable bonds is 6. The minimum absolute atomic E-state index is 0.154. The van der Waals surface area contributed by atoms with Crippen molar-refractivity contribution in [1.29, 1.82) is 0 Å². The summed E-state index contributed by atoms with van der Waals surface area (Å²) in [6.45, 7) is 11.7. The second kappa shape index (κ2) is 9.84. The minimum Gasteiger partial charge on any atom is -0.350 e. The van der Waals surface area contributed by atoms with Gasteiger partial charge in [-0.05, 0) is 70.4 Å². The first-order valence-electron chi connectivity index (χ1n) is 9.99. The van der Waals surface area contributed by atoms with E-state index in [4.69, 9.17) is 23.2 Å². The molecule has 2 aromatic rings. The Balaban J connectivity index is 2.35. The average molecular weight is 449 g/mol. The minimum atomic E-state index is -0.685. The molecule has 0 aliphatic heterocycles. The lowest BCUT2D eigenvalue weighted by Crippen LogP contribution is -2.52. The monoisotopic (exact) mass is 448 g/mol. The number of nitrogens with one attached hydrogen (secondary N) is 1. The molecule has 2 rings (SSSR count). The summed E-state index contributed by atoms with van der Waals surface area (Å²) >= 11 is 12.7. The summed E-state index contributed by atoms with van der Waals surface area (Å²) in [6.07, 6.45) is 0.191. The Labute approximate surface area is 189 Å². The zero-order valence-electron chi connectivity index (χ0n) is 18.5. The smallest absolute Gasteiger partial charge is 0.242 e. The van der Waals surface area contributed by atoms with Gasteiger partial charge < -0.3 is 10.2 Å². The van der Waals surface area contributed by atoms with Gasteiger partial charge in [0.25, 0.3) is 0 Å². The van der Waals surface area contributed by atoms with Gasteiger partial charge in [0.05, 0.1) is 6.42 Å². The fraction of sp³-hybridized carbons (Fsp3) is 0.417. The van der Waals surface area contributed by atoms with Crippen molar-refractivity contribution in [3.05, 3.63) is 68.7 Å². The predicted octanol–water partition coefficient (Wildman–Crippen LogP) is 5.48. The quantitative estimate of drug-likeness (QED) is 0.635. The molecule has 0 fully saturated rings. The average Bonchev–Trinajstić information content (AvgIpc) is 2.62. The molecule has 1 atom stereocenters. The van der Waals surface area contributed by atoms with Crippen LogP contribution < -0.4 is 5.32 Å². The third-order valence-electron chi connectivity index (χ3n) is 4.98. The van der Waals surface area contributed by atoms with E-state index in [-0.39, 0.29) is 24.8 Å². The van der Waals surface area contributed by atoms with Crippen molar-refractivity contribution in [2.75, 3.05) is 0 Å². The maximum absolute atomic E-state index is 13.3. The van der Waals surface area contributed by atoms with Gasteiger partial charge in [-0.3, -0.25) is 9.59 Å². The number of aryl methyl sites for hydroxylation is 2. The number of hydrogen-bond donors (Lipinski definition) is 1. The number of halogens is 2. The Morgan fingerprint density at radius 3 is 2.17 bits per heavy atom. The van der Waals surface area contributed by atoms with Crippen molar-refractivity contribution in [2.24, 2.45) is 0 Å². The Kier molecular flexibility index (Phi) is 7.95. The van der Waals surface area contributed by atoms with Crippen molar-refractivity contribution >= 4 is 35.0 Å². The Bertz CT molecular complexity index is 915. The standard InChI is InChI=1S/C24H30Cl2N2O2/c1-15-10-11-18(12-16(15)2)13-22(29)28(17(3)23(30)27-24(4,5)6)14-19-20(25)8-7-9-21(19)26/h7-12,17H,13-14H2,1-6H3,(H,27,30)/t17-/m0/s1. The molecule has 6 heteroatoms. The van der Waals surface area contributed by atoms with Gasteiger partial charge in [-0.25, -0.2) is 0 Å². The van der Waals surface area contributed by atoms with E-state index in [0.29, 0.717) is 15.6 Å². The molecule has 0 heterocycles. The van der Waals surface area contributed by atoms with Gasteiger partial charge in [-0.2, -0.15) is 0 Å². The summed E-state index contributed by atoms with van der Waals surface area (Å²) in [5, 5.41) is 3.89. The van der Waals surface area contributed by atoms with Crippen molar-refractivity contribution in [1.82, 2.24) is 10.2 Å². The number of carbonyl (C=O) groups excluding carboxylic acids is 2. The molecule has 30 heavy (non-hydrogen) atoms. The van der Waals surface area contributed by atoms with E-state index in [2.05, 4.69) is 5.32 Å². The lowest BCUT2D eigenvalue weighted by Gasteiger charge is -2.32. The maximum Gasteiger partial charge on any atom is 0.242 e. The number of nitrogens with zero attached hydrogens (tertiary/aromatic N) is 1. The molecular formula is C24H30Cl2N2O2. The van der Waals surface area contributed by atoms with Gasteiger partial charge in [0.1, 0.15) is 6.04 Å². The van der Waals surface area contributed by atoms with E-state index >= 15 is 0 Å². The maximum atomic E-state index is 13.3. The molecule has 0 radical (unpaired) electrons. The summed E-state index contributed by atoms with van der Waals surface area (Å²) in [5.74, 6) is -0.384. The van der Waals surface area contributed by atoms with Crippen molar-refractivity contribution < 1.29 is 9.59 Å². The first kappa shape index (κ1) is 24.2. The number of amides is 2. The van der Waals surface area contributed by atoms with Crippen LogP contribution in [-0.2, 0) is 22.6 Å². The van der Waals surface area contributed by atoms with Crippen LogP contribution in [0.4, 0.5) is 0 Å². The SMILES string of the molecule is Cc1ccc(CC(=O)N(Cc2c(Cl)cccc2Cl)[C@@H](C)C(=O)NC(C)(C)C)cc1C. The van der Waals surface area contributed by atoms with E-state index in [1.165, 1.54) is 5.56 Å². The second-order valence-electron chi connectivity index (χ2n) is 8.73. The zero-order valence-corrected chi connectivity index (χ0v) is 20.0. The van der Waals surface area contributed by atoms with Crippen LogP contribution >= 0.6 is 23.2 Å². The Morgan fingerprint density at radius 2 is 1.63 bits per heavy atom. The van der Waals surface area contributed by atoms with E-state index in [1.807, 2.05) is 52.8 Å². The molecule has 1 N–H and O–H groups in total. The highest BCUT2D eigenvalue weighted by Gasteiger charge is 2.29. The molecule has 0 unspecified atom stereocenters. The van der Waals surface area contributed by atoms with E-state index in [1.54, 1.807) is 30.0 Å². The van der Waals surface area contributed by atoms with Crippen LogP contribution in [-0.4, -0.2) is 28.3 Å². The van der Waals surface area contributed by atoms with Crippen LogP contribution in [0.2, 0.25) is 10.0 Å². The molecule has 0 aliphatic carbocycles. The summed E-state index contributed by atoms with van der Waals surface area (Å²) < 4.78 is 0. The fourth-order valence-electron chi connectivity index (χ4n) is 3.10. The van der Waals surface area contributed by atoms with Gasteiger partial charge in [0.2, 0.25) is 11.8 Å². The summed E-state index contributed by atoms with van der Waals surface area (Å²) in [4.78, 5) is 27.7. The molecule has 4 nitrogen and oxygen atoms in total. The van der Waals surface area contributed by atoms with Crippen LogP contribution in [0.25, 0.3) is 0 Å². The Morgan fingerprint density at radius 1 is 1.03 bits per heavy atom. The molecule has 2 amide bonds. The molecule has 162 valence electrons. The first-order chi connectivity index (χ1) is 13.9. The lowest BCUT2D eigenvalue weighted by molar-refractivity contribution is -0.140. The van der Waals surface area contributed by atoms with Crippen LogP contribution in [0, 0.1) is 13.8 Å². The summed E-state index contributed by atoms with van der Waals surface area (Å²) in [6, 6.07) is 10.5. The highest BCUT2D eigenvalue weighted by Crippen LogP contribution is 2.27. The third-order valence-corrected chi connectivity index (χ3v) is 5.69. The summed E-state index contributed by atoms with van der Waals surface area (Å²) in [7, 11) is 0. The topological polar surface area (TPSA) is 49.4 Å². The Hall–Kier alpha value is -2.04. The molecule has 0 aliphatic rings. The van der Waals surface area contributed by atoms with E-state index in [9.17, 15) is 9.59 Å². The van der Waals surface area contributed by atoms with Gasteiger partial charge in [0.15, 0.2) is 0 Å². The number of hydrogen-bond acceptors (Lipinski definition) is 2. The number of carbonyl (C=O) groups is 2. The van der Waals surface area contributed by atoms with Crippen molar-refractivity contribution in [3.8, 4) is 0 Å². The molecule has 0 saturated heterocycles. The molecule has 2 aromatic carbocycles. The molecule has 0 saturated carbocycles. The predicted molar refractivity (Wildman–Crippen MR) is 124 cm³/mol. The zero-order chi connectivity index (χ0) is 22.6. The number of benzene rings is 2. The van der Waals surface area contributed by atoms with E-state index < -0.39 is 11.6 Å². The van der Waals surface area contributed by atoms with E-state index in [0.717, 1.165) is 11.1 Å². The van der Waals surface area contributed by atoms with Gasteiger partial charge >= 0.3 is 0 Å². The van der Waals surface area contributed by atoms with Crippen molar-refractivity contribution in [3.63, 3.8) is 0 Å². The molecule has 0 spiro atoms. The molecule has 0 bridgehead atoms.